The standard InChI is InChI=1S/C15H32O4/c16-11-9-7-5-3-1-2-4-6-8-10-12-19-14-15(18)13-17/h15-18H,1-14H2. The molecule has 0 saturated heterocycles. The van der Waals surface area contributed by atoms with Gasteiger partial charge in [-0.3, -0.25) is 0 Å². The van der Waals surface area contributed by atoms with Crippen LogP contribution in [0.15, 0.2) is 0 Å². The van der Waals surface area contributed by atoms with Crippen LogP contribution in [0.3, 0.4) is 0 Å². The van der Waals surface area contributed by atoms with Gasteiger partial charge in [0.05, 0.1) is 13.2 Å². The zero-order chi connectivity index (χ0) is 14.2. The molecule has 0 aliphatic rings. The predicted molar refractivity (Wildman–Crippen MR) is 77.2 cm³/mol. The number of hydrogen-bond donors (Lipinski definition) is 3. The van der Waals surface area contributed by atoms with Crippen LogP contribution in [0.25, 0.3) is 0 Å². The van der Waals surface area contributed by atoms with Gasteiger partial charge < -0.3 is 20.1 Å². The number of aliphatic hydroxyl groups is 3. The first-order valence-electron chi connectivity index (χ1n) is 7.78. The molecule has 0 aromatic rings. The molecule has 0 radical (unpaired) electrons. The lowest BCUT2D eigenvalue weighted by Crippen LogP contribution is -2.19. The lowest BCUT2D eigenvalue weighted by Gasteiger charge is -2.07. The lowest BCUT2D eigenvalue weighted by molar-refractivity contribution is 0.00526. The van der Waals surface area contributed by atoms with Crippen LogP contribution in [0.4, 0.5) is 0 Å². The van der Waals surface area contributed by atoms with Crippen LogP contribution in [0.2, 0.25) is 0 Å². The second kappa shape index (κ2) is 15.9. The Morgan fingerprint density at radius 1 is 0.684 bits per heavy atom. The van der Waals surface area contributed by atoms with E-state index in [0.717, 1.165) is 19.3 Å². The van der Waals surface area contributed by atoms with Crippen LogP contribution in [-0.2, 0) is 4.74 Å². The zero-order valence-corrected chi connectivity index (χ0v) is 12.2. The van der Waals surface area contributed by atoms with Crippen LogP contribution in [0.5, 0.6) is 0 Å². The van der Waals surface area contributed by atoms with E-state index in [0.29, 0.717) is 13.2 Å². The average Bonchev–Trinajstić information content (AvgIpc) is 2.43. The summed E-state index contributed by atoms with van der Waals surface area (Å²) >= 11 is 0. The molecule has 0 aliphatic carbocycles. The molecule has 19 heavy (non-hydrogen) atoms. The van der Waals surface area contributed by atoms with E-state index in [1.807, 2.05) is 0 Å². The van der Waals surface area contributed by atoms with Crippen molar-refractivity contribution < 1.29 is 20.1 Å². The van der Waals surface area contributed by atoms with Crippen molar-refractivity contribution >= 4 is 0 Å². The van der Waals surface area contributed by atoms with E-state index in [2.05, 4.69) is 0 Å². The Kier molecular flexibility index (Phi) is 15.8. The average molecular weight is 276 g/mol. The van der Waals surface area contributed by atoms with E-state index in [1.165, 1.54) is 44.9 Å². The fraction of sp³-hybridized carbons (Fsp3) is 1.00. The first-order chi connectivity index (χ1) is 9.31. The Hall–Kier alpha value is -0.160. The number of rotatable bonds is 15. The largest absolute Gasteiger partial charge is 0.396 e. The first kappa shape index (κ1) is 18.8. The van der Waals surface area contributed by atoms with Crippen molar-refractivity contribution in [1.29, 1.82) is 0 Å². The van der Waals surface area contributed by atoms with Crippen LogP contribution in [0.1, 0.15) is 64.2 Å². The van der Waals surface area contributed by atoms with Crippen molar-refractivity contribution in [2.75, 3.05) is 26.4 Å². The molecule has 0 aliphatic heterocycles. The SMILES string of the molecule is OCCCCCCCCCCCCOCC(O)CO. The minimum atomic E-state index is -0.731. The van der Waals surface area contributed by atoms with E-state index in [9.17, 15) is 0 Å². The minimum absolute atomic E-state index is 0.224. The molecule has 0 fully saturated rings. The van der Waals surface area contributed by atoms with E-state index >= 15 is 0 Å². The van der Waals surface area contributed by atoms with Crippen LogP contribution in [0, 0.1) is 0 Å². The molecule has 0 rings (SSSR count). The van der Waals surface area contributed by atoms with Gasteiger partial charge in [-0.15, -0.1) is 0 Å². The molecule has 0 amide bonds. The van der Waals surface area contributed by atoms with E-state index in [1.54, 1.807) is 0 Å². The van der Waals surface area contributed by atoms with E-state index in [4.69, 9.17) is 20.1 Å². The smallest absolute Gasteiger partial charge is 0.100 e. The van der Waals surface area contributed by atoms with Gasteiger partial charge in [0.25, 0.3) is 0 Å². The number of unbranched alkanes of at least 4 members (excludes halogenated alkanes) is 9. The second-order valence-electron chi connectivity index (χ2n) is 5.17. The quantitative estimate of drug-likeness (QED) is 0.401. The maximum Gasteiger partial charge on any atom is 0.100 e. The van der Waals surface area contributed by atoms with Gasteiger partial charge >= 0.3 is 0 Å². The maximum atomic E-state index is 9.05. The molecule has 0 saturated carbocycles. The Bertz CT molecular complexity index is 164. The number of hydrogen-bond acceptors (Lipinski definition) is 4. The summed E-state index contributed by atoms with van der Waals surface area (Å²) in [4.78, 5) is 0. The summed E-state index contributed by atoms with van der Waals surface area (Å²) in [6.45, 7) is 1.03. The number of aliphatic hydroxyl groups excluding tert-OH is 3. The van der Waals surface area contributed by atoms with Gasteiger partial charge in [-0.05, 0) is 12.8 Å². The summed E-state index contributed by atoms with van der Waals surface area (Å²) in [7, 11) is 0. The molecular weight excluding hydrogens is 244 g/mol. The highest BCUT2D eigenvalue weighted by molar-refractivity contribution is 4.50. The summed E-state index contributed by atoms with van der Waals surface area (Å²) in [6.07, 6.45) is 11.3. The maximum absolute atomic E-state index is 9.05. The fourth-order valence-electron chi connectivity index (χ4n) is 2.00. The van der Waals surface area contributed by atoms with Gasteiger partial charge in [0.15, 0.2) is 0 Å². The summed E-state index contributed by atoms with van der Waals surface area (Å²) in [5.74, 6) is 0. The van der Waals surface area contributed by atoms with Crippen molar-refractivity contribution in [3.8, 4) is 0 Å². The Morgan fingerprint density at radius 2 is 1.16 bits per heavy atom. The molecular formula is C15H32O4. The van der Waals surface area contributed by atoms with E-state index in [-0.39, 0.29) is 13.2 Å². The summed E-state index contributed by atoms with van der Waals surface area (Å²) in [5, 5.41) is 26.3. The molecule has 3 N–H and O–H groups in total. The highest BCUT2D eigenvalue weighted by Crippen LogP contribution is 2.10. The zero-order valence-electron chi connectivity index (χ0n) is 12.2. The molecule has 116 valence electrons. The van der Waals surface area contributed by atoms with Gasteiger partial charge in [-0.2, -0.15) is 0 Å². The predicted octanol–water partition coefficient (Wildman–Crippen LogP) is 2.25. The Balaban J connectivity index is 2.95. The summed E-state index contributed by atoms with van der Waals surface area (Å²) < 4.78 is 5.24. The lowest BCUT2D eigenvalue weighted by atomic mass is 10.1. The van der Waals surface area contributed by atoms with E-state index < -0.39 is 6.10 Å². The Labute approximate surface area is 117 Å². The van der Waals surface area contributed by atoms with Crippen LogP contribution in [-0.4, -0.2) is 47.9 Å². The van der Waals surface area contributed by atoms with Gasteiger partial charge in [-0.1, -0.05) is 51.4 Å². The second-order valence-corrected chi connectivity index (χ2v) is 5.17. The third-order valence-electron chi connectivity index (χ3n) is 3.22. The summed E-state index contributed by atoms with van der Waals surface area (Å²) in [5.41, 5.74) is 0. The molecule has 1 atom stereocenters. The third kappa shape index (κ3) is 15.8. The van der Waals surface area contributed by atoms with Gasteiger partial charge in [0.1, 0.15) is 6.10 Å². The van der Waals surface area contributed by atoms with Gasteiger partial charge in [0, 0.05) is 13.2 Å². The normalized spacial score (nSPS) is 12.8. The molecule has 1 unspecified atom stereocenters. The minimum Gasteiger partial charge on any atom is -0.396 e. The summed E-state index contributed by atoms with van der Waals surface area (Å²) in [6, 6.07) is 0. The molecule has 0 heterocycles. The van der Waals surface area contributed by atoms with Crippen molar-refractivity contribution in [2.24, 2.45) is 0 Å². The van der Waals surface area contributed by atoms with Gasteiger partial charge in [-0.25, -0.2) is 0 Å². The molecule has 0 aromatic heterocycles. The topological polar surface area (TPSA) is 69.9 Å². The van der Waals surface area contributed by atoms with Crippen molar-refractivity contribution in [1.82, 2.24) is 0 Å². The molecule has 4 heteroatoms. The van der Waals surface area contributed by atoms with Crippen molar-refractivity contribution in [2.45, 2.75) is 70.3 Å². The van der Waals surface area contributed by atoms with Gasteiger partial charge in [0.2, 0.25) is 0 Å². The highest BCUT2D eigenvalue weighted by Gasteiger charge is 2.00. The van der Waals surface area contributed by atoms with Crippen molar-refractivity contribution in [3.05, 3.63) is 0 Å². The fourth-order valence-corrected chi connectivity index (χ4v) is 2.00. The highest BCUT2D eigenvalue weighted by atomic mass is 16.5. The first-order valence-corrected chi connectivity index (χ1v) is 7.78. The van der Waals surface area contributed by atoms with Crippen LogP contribution >= 0.6 is 0 Å². The van der Waals surface area contributed by atoms with Crippen LogP contribution < -0.4 is 0 Å². The monoisotopic (exact) mass is 276 g/mol. The molecule has 0 bridgehead atoms. The third-order valence-corrected chi connectivity index (χ3v) is 3.22. The molecule has 0 spiro atoms. The molecule has 0 aromatic carbocycles. The Morgan fingerprint density at radius 3 is 1.63 bits per heavy atom. The van der Waals surface area contributed by atoms with Crippen molar-refractivity contribution in [3.63, 3.8) is 0 Å². The molecule has 4 nitrogen and oxygen atoms in total. The number of ether oxygens (including phenoxy) is 1.